The maximum absolute atomic E-state index is 13.2. The van der Waals surface area contributed by atoms with Crippen LogP contribution in [0, 0.1) is 12.8 Å². The fourth-order valence-electron chi connectivity index (χ4n) is 4.38. The third-order valence-electron chi connectivity index (χ3n) is 6.32. The van der Waals surface area contributed by atoms with Crippen LogP contribution in [-0.4, -0.2) is 55.6 Å². The number of carbonyl (C=O) groups is 2. The fourth-order valence-corrected chi connectivity index (χ4v) is 6.15. The van der Waals surface area contributed by atoms with Gasteiger partial charge in [0.25, 0.3) is 0 Å². The van der Waals surface area contributed by atoms with Crippen molar-refractivity contribution in [3.05, 3.63) is 23.8 Å². The Morgan fingerprint density at radius 1 is 1.03 bits per heavy atom. The Kier molecular flexibility index (Phi) is 8.11. The molecule has 2 fully saturated rings. The number of nitrogens with one attached hydrogen (secondary N) is 1. The molecule has 0 aromatic heterocycles. The molecule has 0 bridgehead atoms. The van der Waals surface area contributed by atoms with Crippen molar-refractivity contribution >= 4 is 27.5 Å². The second-order valence-corrected chi connectivity index (χ2v) is 10.6. The number of amides is 2. The number of sulfonamides is 1. The van der Waals surface area contributed by atoms with Gasteiger partial charge in [-0.3, -0.25) is 9.59 Å². The largest absolute Gasteiger partial charge is 0.343 e. The average Bonchev–Trinajstić information content (AvgIpc) is 3.05. The maximum Gasteiger partial charge on any atom is 0.243 e. The van der Waals surface area contributed by atoms with Crippen molar-refractivity contribution in [2.45, 2.75) is 70.1 Å². The number of likely N-dealkylation sites (tertiary alicyclic amines) is 1. The van der Waals surface area contributed by atoms with Crippen molar-refractivity contribution in [2.24, 2.45) is 5.92 Å². The highest BCUT2D eigenvalue weighted by Crippen LogP contribution is 2.27. The van der Waals surface area contributed by atoms with E-state index in [9.17, 15) is 18.0 Å². The Labute approximate surface area is 186 Å². The van der Waals surface area contributed by atoms with E-state index < -0.39 is 10.0 Å². The molecule has 0 unspecified atom stereocenters. The van der Waals surface area contributed by atoms with Crippen molar-refractivity contribution in [1.29, 1.82) is 0 Å². The Morgan fingerprint density at radius 2 is 1.68 bits per heavy atom. The summed E-state index contributed by atoms with van der Waals surface area (Å²) in [5.74, 6) is -0.120. The van der Waals surface area contributed by atoms with Crippen molar-refractivity contribution in [3.63, 3.8) is 0 Å². The normalized spacial score (nSPS) is 19.1. The van der Waals surface area contributed by atoms with Crippen LogP contribution in [0.1, 0.15) is 63.9 Å². The summed E-state index contributed by atoms with van der Waals surface area (Å²) in [5, 5.41) is 2.91. The minimum Gasteiger partial charge on any atom is -0.343 e. The number of anilines is 1. The smallest absolute Gasteiger partial charge is 0.243 e. The predicted molar refractivity (Wildman–Crippen MR) is 121 cm³/mol. The van der Waals surface area contributed by atoms with Gasteiger partial charge < -0.3 is 10.2 Å². The van der Waals surface area contributed by atoms with Crippen molar-refractivity contribution < 1.29 is 18.0 Å². The topological polar surface area (TPSA) is 86.8 Å². The number of benzene rings is 1. The third kappa shape index (κ3) is 5.86. The summed E-state index contributed by atoms with van der Waals surface area (Å²) in [6.07, 6.45) is 6.53. The van der Waals surface area contributed by atoms with Gasteiger partial charge in [-0.15, -0.1) is 0 Å². The molecule has 8 heteroatoms. The van der Waals surface area contributed by atoms with Gasteiger partial charge in [-0.25, -0.2) is 8.42 Å². The summed E-state index contributed by atoms with van der Waals surface area (Å²) < 4.78 is 28.0. The zero-order chi connectivity index (χ0) is 22.4. The summed E-state index contributed by atoms with van der Waals surface area (Å²) >= 11 is 0. The van der Waals surface area contributed by atoms with E-state index in [4.69, 9.17) is 0 Å². The van der Waals surface area contributed by atoms with Crippen LogP contribution in [0.25, 0.3) is 0 Å². The molecular formula is C23H35N3O4S. The average molecular weight is 450 g/mol. The Balaban J connectivity index is 1.66. The zero-order valence-electron chi connectivity index (χ0n) is 18.7. The molecule has 2 amide bonds. The molecule has 3 rings (SSSR count). The molecule has 0 saturated carbocycles. The summed E-state index contributed by atoms with van der Waals surface area (Å²) in [6, 6.07) is 5.11. The molecular weight excluding hydrogens is 414 g/mol. The summed E-state index contributed by atoms with van der Waals surface area (Å²) in [5.41, 5.74) is 1.19. The predicted octanol–water partition coefficient (Wildman–Crippen LogP) is 3.54. The number of nitrogens with zero attached hydrogens (tertiary/aromatic N) is 2. The molecule has 0 radical (unpaired) electrons. The summed E-state index contributed by atoms with van der Waals surface area (Å²) in [6.45, 7) is 6.07. The van der Waals surface area contributed by atoms with Gasteiger partial charge in [-0.05, 0) is 56.7 Å². The second kappa shape index (κ2) is 10.6. The molecule has 2 aliphatic heterocycles. The van der Waals surface area contributed by atoms with Gasteiger partial charge in [0.15, 0.2) is 0 Å². The monoisotopic (exact) mass is 449 g/mol. The number of piperidine rings is 1. The van der Waals surface area contributed by atoms with E-state index in [2.05, 4.69) is 5.32 Å². The summed E-state index contributed by atoms with van der Waals surface area (Å²) in [4.78, 5) is 26.9. The Morgan fingerprint density at radius 3 is 2.29 bits per heavy atom. The second-order valence-electron chi connectivity index (χ2n) is 8.69. The standard InChI is InChI=1S/C23H35N3O4S/c1-3-8-22(27)25-15-11-19(12-16-25)23(28)24-20-10-9-18(2)21(17-20)31(29,30)26-13-6-4-5-7-14-26/h9-10,17,19H,3-8,11-16H2,1-2H3,(H,24,28). The quantitative estimate of drug-likeness (QED) is 0.720. The van der Waals surface area contributed by atoms with Gasteiger partial charge in [0.05, 0.1) is 4.90 Å². The van der Waals surface area contributed by atoms with E-state index in [0.29, 0.717) is 56.7 Å². The molecule has 0 atom stereocenters. The number of hydrogen-bond donors (Lipinski definition) is 1. The molecule has 0 spiro atoms. The molecule has 1 aromatic carbocycles. The first-order valence-corrected chi connectivity index (χ1v) is 13.0. The molecule has 1 aromatic rings. The van der Waals surface area contributed by atoms with E-state index in [1.807, 2.05) is 11.8 Å². The van der Waals surface area contributed by atoms with Crippen molar-refractivity contribution in [2.75, 3.05) is 31.5 Å². The molecule has 2 aliphatic rings. The van der Waals surface area contributed by atoms with E-state index in [1.54, 1.807) is 29.4 Å². The number of carbonyl (C=O) groups excluding carboxylic acids is 2. The van der Waals surface area contributed by atoms with Crippen molar-refractivity contribution in [3.8, 4) is 0 Å². The Bertz CT molecular complexity index is 884. The van der Waals surface area contributed by atoms with Gasteiger partial charge in [0, 0.05) is 44.2 Å². The van der Waals surface area contributed by atoms with Crippen LogP contribution in [0.4, 0.5) is 5.69 Å². The first-order valence-electron chi connectivity index (χ1n) is 11.5. The molecule has 31 heavy (non-hydrogen) atoms. The maximum atomic E-state index is 13.2. The van der Waals surface area contributed by atoms with Gasteiger partial charge in [-0.2, -0.15) is 4.31 Å². The number of hydrogen-bond acceptors (Lipinski definition) is 4. The lowest BCUT2D eigenvalue weighted by Crippen LogP contribution is -2.41. The first kappa shape index (κ1) is 23.7. The Hall–Kier alpha value is -1.93. The van der Waals surface area contributed by atoms with Crippen LogP contribution in [-0.2, 0) is 19.6 Å². The highest BCUT2D eigenvalue weighted by atomic mass is 32.2. The van der Waals surface area contributed by atoms with Crippen molar-refractivity contribution in [1.82, 2.24) is 9.21 Å². The first-order chi connectivity index (χ1) is 14.8. The van der Waals surface area contributed by atoms with E-state index in [-0.39, 0.29) is 22.6 Å². The fraction of sp³-hybridized carbons (Fsp3) is 0.652. The van der Waals surface area contributed by atoms with Crippen LogP contribution < -0.4 is 5.32 Å². The molecule has 7 nitrogen and oxygen atoms in total. The minimum atomic E-state index is -3.58. The molecule has 1 N–H and O–H groups in total. The van der Waals surface area contributed by atoms with E-state index in [1.165, 1.54) is 0 Å². The van der Waals surface area contributed by atoms with Gasteiger partial charge >= 0.3 is 0 Å². The van der Waals surface area contributed by atoms with E-state index >= 15 is 0 Å². The van der Waals surface area contributed by atoms with Gasteiger partial charge in [0.2, 0.25) is 21.8 Å². The lowest BCUT2D eigenvalue weighted by molar-refractivity contribution is -0.134. The molecule has 0 aliphatic carbocycles. The van der Waals surface area contributed by atoms with Gasteiger partial charge in [0.1, 0.15) is 0 Å². The minimum absolute atomic E-state index is 0.107. The van der Waals surface area contributed by atoms with E-state index in [0.717, 1.165) is 32.1 Å². The van der Waals surface area contributed by atoms with Crippen LogP contribution in [0.2, 0.25) is 0 Å². The van der Waals surface area contributed by atoms with Gasteiger partial charge in [-0.1, -0.05) is 25.8 Å². The van der Waals surface area contributed by atoms with Crippen LogP contribution in [0.3, 0.4) is 0 Å². The molecule has 2 heterocycles. The third-order valence-corrected chi connectivity index (χ3v) is 8.36. The molecule has 2 saturated heterocycles. The summed E-state index contributed by atoms with van der Waals surface area (Å²) in [7, 11) is -3.58. The molecule has 172 valence electrons. The zero-order valence-corrected chi connectivity index (χ0v) is 19.5. The van der Waals surface area contributed by atoms with Crippen LogP contribution in [0.15, 0.2) is 23.1 Å². The number of rotatable bonds is 6. The highest BCUT2D eigenvalue weighted by Gasteiger charge is 2.29. The number of aryl methyl sites for hydroxylation is 1. The lowest BCUT2D eigenvalue weighted by Gasteiger charge is -2.31. The van der Waals surface area contributed by atoms with Crippen LogP contribution >= 0.6 is 0 Å². The van der Waals surface area contributed by atoms with Crippen LogP contribution in [0.5, 0.6) is 0 Å². The SMILES string of the molecule is CCCC(=O)N1CCC(C(=O)Nc2ccc(C)c(S(=O)(=O)N3CCCCCC3)c2)CC1. The lowest BCUT2D eigenvalue weighted by atomic mass is 9.95. The highest BCUT2D eigenvalue weighted by molar-refractivity contribution is 7.89.